The number of hydrogen-bond acceptors (Lipinski definition) is 2. The Labute approximate surface area is 180 Å². The number of aromatic carboxylic acids is 1. The van der Waals surface area contributed by atoms with E-state index in [0.29, 0.717) is 17.4 Å². The number of aromatic nitrogens is 2. The van der Waals surface area contributed by atoms with E-state index < -0.39 is 5.97 Å². The number of carbonyl (C=O) groups is 1. The van der Waals surface area contributed by atoms with Gasteiger partial charge in [0.15, 0.2) is 0 Å². The molecule has 2 N–H and O–H groups in total. The maximum absolute atomic E-state index is 13.5. The maximum Gasteiger partial charge on any atom is 0.335 e. The van der Waals surface area contributed by atoms with Crippen LogP contribution in [0.3, 0.4) is 0 Å². The molecule has 0 fully saturated rings. The summed E-state index contributed by atoms with van der Waals surface area (Å²) in [4.78, 5) is 19.4. The second-order valence-electron chi connectivity index (χ2n) is 7.99. The van der Waals surface area contributed by atoms with Gasteiger partial charge in [-0.1, -0.05) is 50.2 Å². The fourth-order valence-corrected chi connectivity index (χ4v) is 3.59. The Hall–Kier alpha value is -3.73. The molecule has 0 amide bonds. The molecule has 0 saturated heterocycles. The summed E-state index contributed by atoms with van der Waals surface area (Å²) in [6.45, 7) is 4.38. The number of hydrogen-bond donors (Lipinski definition) is 2. The van der Waals surface area contributed by atoms with E-state index in [1.54, 1.807) is 36.4 Å². The van der Waals surface area contributed by atoms with Gasteiger partial charge in [-0.3, -0.25) is 0 Å². The third-order valence-corrected chi connectivity index (χ3v) is 5.11. The van der Waals surface area contributed by atoms with Crippen LogP contribution in [-0.4, -0.2) is 21.0 Å². The van der Waals surface area contributed by atoms with Crippen LogP contribution >= 0.6 is 0 Å². The molecule has 1 heterocycles. The molecule has 0 bridgehead atoms. The zero-order chi connectivity index (χ0) is 22.0. The number of halogens is 1. The minimum Gasteiger partial charge on any atom is -0.478 e. The number of carboxylic acids is 1. The van der Waals surface area contributed by atoms with E-state index >= 15 is 0 Å². The standard InChI is InChI=1S/C26H23FN2O2/c1-16(2)15-17-3-5-20(6-4-17)25-28-23(18-7-9-21(10-8-18)26(30)31)24(29-25)19-11-13-22(27)14-12-19/h3-14,16H,15H2,1-2H3,(H,28,29)(H,30,31). The average molecular weight is 414 g/mol. The molecule has 156 valence electrons. The molecule has 0 aliphatic heterocycles. The van der Waals surface area contributed by atoms with Crippen LogP contribution in [0.15, 0.2) is 72.8 Å². The second-order valence-corrected chi connectivity index (χ2v) is 7.99. The van der Waals surface area contributed by atoms with E-state index in [2.05, 4.69) is 31.0 Å². The van der Waals surface area contributed by atoms with E-state index in [1.165, 1.54) is 17.7 Å². The molecule has 5 heteroatoms. The summed E-state index contributed by atoms with van der Waals surface area (Å²) >= 11 is 0. The van der Waals surface area contributed by atoms with Crippen molar-refractivity contribution in [1.29, 1.82) is 0 Å². The quantitative estimate of drug-likeness (QED) is 0.381. The first-order chi connectivity index (χ1) is 14.9. The van der Waals surface area contributed by atoms with Crippen molar-refractivity contribution in [2.24, 2.45) is 5.92 Å². The molecule has 31 heavy (non-hydrogen) atoms. The number of aromatic amines is 1. The maximum atomic E-state index is 13.5. The van der Waals surface area contributed by atoms with E-state index in [1.807, 2.05) is 12.1 Å². The van der Waals surface area contributed by atoms with Gasteiger partial charge in [-0.25, -0.2) is 14.2 Å². The summed E-state index contributed by atoms with van der Waals surface area (Å²) in [7, 11) is 0. The Morgan fingerprint density at radius 3 is 2.06 bits per heavy atom. The lowest BCUT2D eigenvalue weighted by atomic mass is 10.0. The van der Waals surface area contributed by atoms with Crippen molar-refractivity contribution < 1.29 is 14.3 Å². The molecule has 3 aromatic carbocycles. The summed E-state index contributed by atoms with van der Waals surface area (Å²) in [5, 5.41) is 9.18. The minimum absolute atomic E-state index is 0.212. The van der Waals surface area contributed by atoms with Crippen molar-refractivity contribution in [2.75, 3.05) is 0 Å². The van der Waals surface area contributed by atoms with Crippen molar-refractivity contribution in [2.45, 2.75) is 20.3 Å². The molecular weight excluding hydrogens is 391 g/mol. The molecule has 4 aromatic rings. The third-order valence-electron chi connectivity index (χ3n) is 5.11. The normalized spacial score (nSPS) is 11.1. The number of nitrogens with one attached hydrogen (secondary N) is 1. The number of H-pyrrole nitrogens is 1. The van der Waals surface area contributed by atoms with Crippen LogP contribution in [0.1, 0.15) is 29.8 Å². The molecule has 0 spiro atoms. The Morgan fingerprint density at radius 1 is 0.903 bits per heavy atom. The van der Waals surface area contributed by atoms with Crippen molar-refractivity contribution in [3.05, 3.63) is 89.7 Å². The monoisotopic (exact) mass is 414 g/mol. The van der Waals surface area contributed by atoms with Gasteiger partial charge in [-0.2, -0.15) is 0 Å². The molecule has 0 aliphatic carbocycles. The molecule has 0 atom stereocenters. The van der Waals surface area contributed by atoms with Crippen molar-refractivity contribution >= 4 is 5.97 Å². The van der Waals surface area contributed by atoms with Gasteiger partial charge in [0, 0.05) is 16.7 Å². The number of nitrogens with zero attached hydrogens (tertiary/aromatic N) is 1. The number of benzene rings is 3. The van der Waals surface area contributed by atoms with Crippen LogP contribution in [-0.2, 0) is 6.42 Å². The topological polar surface area (TPSA) is 66.0 Å². The lowest BCUT2D eigenvalue weighted by molar-refractivity contribution is 0.0697. The highest BCUT2D eigenvalue weighted by atomic mass is 19.1. The van der Waals surface area contributed by atoms with Gasteiger partial charge in [0.1, 0.15) is 11.6 Å². The van der Waals surface area contributed by atoms with Crippen molar-refractivity contribution in [1.82, 2.24) is 9.97 Å². The first-order valence-electron chi connectivity index (χ1n) is 10.2. The van der Waals surface area contributed by atoms with Crippen LogP contribution in [0.5, 0.6) is 0 Å². The lowest BCUT2D eigenvalue weighted by Crippen LogP contribution is -1.95. The zero-order valence-electron chi connectivity index (χ0n) is 17.4. The van der Waals surface area contributed by atoms with Gasteiger partial charge in [0.25, 0.3) is 0 Å². The molecule has 1 aromatic heterocycles. The molecule has 0 radical (unpaired) electrons. The molecule has 0 aliphatic rings. The Kier molecular flexibility index (Phi) is 5.67. The van der Waals surface area contributed by atoms with Crippen molar-refractivity contribution in [3.63, 3.8) is 0 Å². The van der Waals surface area contributed by atoms with Crippen LogP contribution in [0.25, 0.3) is 33.9 Å². The highest BCUT2D eigenvalue weighted by Crippen LogP contribution is 2.33. The van der Waals surface area contributed by atoms with Crippen molar-refractivity contribution in [3.8, 4) is 33.9 Å². The summed E-state index contributed by atoms with van der Waals surface area (Å²) in [6, 6.07) is 21.1. The van der Waals surface area contributed by atoms with E-state index in [-0.39, 0.29) is 11.4 Å². The smallest absolute Gasteiger partial charge is 0.335 e. The van der Waals surface area contributed by atoms with Gasteiger partial charge >= 0.3 is 5.97 Å². The van der Waals surface area contributed by atoms with E-state index in [0.717, 1.165) is 28.8 Å². The average Bonchev–Trinajstić information content (AvgIpc) is 3.20. The number of imidazole rings is 1. The molecule has 0 unspecified atom stereocenters. The Balaban J connectivity index is 1.78. The second kappa shape index (κ2) is 8.56. The van der Waals surface area contributed by atoms with Crippen LogP contribution in [0.4, 0.5) is 4.39 Å². The van der Waals surface area contributed by atoms with Crippen LogP contribution < -0.4 is 0 Å². The Morgan fingerprint density at radius 2 is 1.48 bits per heavy atom. The first-order valence-corrected chi connectivity index (χ1v) is 10.2. The van der Waals surface area contributed by atoms with Gasteiger partial charge in [0.05, 0.1) is 17.0 Å². The molecular formula is C26H23FN2O2. The summed E-state index contributed by atoms with van der Waals surface area (Å²) in [5.41, 5.74) is 5.45. The fraction of sp³-hybridized carbons (Fsp3) is 0.154. The van der Waals surface area contributed by atoms with Crippen LogP contribution in [0.2, 0.25) is 0 Å². The predicted molar refractivity (Wildman–Crippen MR) is 120 cm³/mol. The zero-order valence-corrected chi connectivity index (χ0v) is 17.4. The minimum atomic E-state index is -0.977. The third kappa shape index (κ3) is 4.56. The van der Waals surface area contributed by atoms with Gasteiger partial charge in [0.2, 0.25) is 0 Å². The highest BCUT2D eigenvalue weighted by molar-refractivity contribution is 5.89. The molecule has 0 saturated carbocycles. The highest BCUT2D eigenvalue weighted by Gasteiger charge is 2.16. The number of rotatable bonds is 6. The van der Waals surface area contributed by atoms with Gasteiger partial charge in [-0.15, -0.1) is 0 Å². The fourth-order valence-electron chi connectivity index (χ4n) is 3.59. The molecule has 4 nitrogen and oxygen atoms in total. The van der Waals surface area contributed by atoms with E-state index in [9.17, 15) is 14.3 Å². The Bertz CT molecular complexity index is 1190. The summed E-state index contributed by atoms with van der Waals surface area (Å²) < 4.78 is 13.5. The van der Waals surface area contributed by atoms with Gasteiger partial charge in [-0.05, 0) is 54.3 Å². The SMILES string of the molecule is CC(C)Cc1ccc(-c2nc(-c3ccc(C(=O)O)cc3)c(-c3ccc(F)cc3)[nH]2)cc1. The van der Waals surface area contributed by atoms with Crippen LogP contribution in [0, 0.1) is 11.7 Å². The summed E-state index contributed by atoms with van der Waals surface area (Å²) in [6.07, 6.45) is 1.01. The molecule has 4 rings (SSSR count). The van der Waals surface area contributed by atoms with Gasteiger partial charge < -0.3 is 10.1 Å². The predicted octanol–water partition coefficient (Wildman–Crippen LogP) is 6.45. The lowest BCUT2D eigenvalue weighted by Gasteiger charge is -2.05. The van der Waals surface area contributed by atoms with E-state index in [4.69, 9.17) is 4.98 Å². The first kappa shape index (κ1) is 20.5. The number of carboxylic acid groups (broad SMARTS) is 1. The largest absolute Gasteiger partial charge is 0.478 e. The summed E-state index contributed by atoms with van der Waals surface area (Å²) in [5.74, 6) is -0.00115.